The molecule has 1 N–H and O–H groups in total. The number of hydrogen-bond acceptors (Lipinski definition) is 3. The first-order chi connectivity index (χ1) is 10.0. The lowest BCUT2D eigenvalue weighted by Crippen LogP contribution is -2.26. The van der Waals surface area contributed by atoms with Gasteiger partial charge >= 0.3 is 0 Å². The number of thioether (sulfide) groups is 2. The van der Waals surface area contributed by atoms with Gasteiger partial charge in [0.1, 0.15) is 16.0 Å². The third-order valence-corrected chi connectivity index (χ3v) is 6.78. The van der Waals surface area contributed by atoms with Crippen molar-refractivity contribution in [1.82, 2.24) is 0 Å². The van der Waals surface area contributed by atoms with E-state index >= 15 is 0 Å². The van der Waals surface area contributed by atoms with Crippen LogP contribution in [0.25, 0.3) is 0 Å². The summed E-state index contributed by atoms with van der Waals surface area (Å²) in [7, 11) is 0. The first-order valence-electron chi connectivity index (χ1n) is 6.33. The van der Waals surface area contributed by atoms with E-state index in [4.69, 9.17) is 11.6 Å². The molecule has 1 unspecified atom stereocenters. The predicted molar refractivity (Wildman–Crippen MR) is 91.5 cm³/mol. The zero-order valence-electron chi connectivity index (χ0n) is 11.7. The van der Waals surface area contributed by atoms with Gasteiger partial charge in [-0.05, 0) is 47.9 Å². The van der Waals surface area contributed by atoms with E-state index in [1.807, 2.05) is 24.6 Å². The Morgan fingerprint density at radius 2 is 1.52 bits per heavy atom. The third-order valence-electron chi connectivity index (χ3n) is 3.40. The highest BCUT2D eigenvalue weighted by Gasteiger charge is 2.39. The summed E-state index contributed by atoms with van der Waals surface area (Å²) < 4.78 is 12.6. The molecule has 0 radical (unpaired) electrons. The molecule has 5 heteroatoms. The van der Waals surface area contributed by atoms with Crippen LogP contribution in [0.2, 0.25) is 5.02 Å². The van der Waals surface area contributed by atoms with Crippen molar-refractivity contribution in [1.29, 1.82) is 0 Å². The van der Waals surface area contributed by atoms with Crippen LogP contribution in [0, 0.1) is 5.82 Å². The molecule has 0 amide bonds. The standard InChI is InChI=1S/C16H16ClFOS2/c1-20-16(21-2,12-5-9-14(18)10-6-12)15(19)11-3-7-13(17)8-4-11/h3-10,15,19H,1-2H3. The second-order valence-corrected chi connectivity index (χ2v) is 7.34. The van der Waals surface area contributed by atoms with Gasteiger partial charge in [-0.2, -0.15) is 0 Å². The van der Waals surface area contributed by atoms with E-state index < -0.39 is 10.2 Å². The lowest BCUT2D eigenvalue weighted by atomic mass is 10.00. The van der Waals surface area contributed by atoms with Gasteiger partial charge in [0.25, 0.3) is 0 Å². The molecule has 0 saturated heterocycles. The summed E-state index contributed by atoms with van der Waals surface area (Å²) >= 11 is 8.98. The quantitative estimate of drug-likeness (QED) is 0.764. The smallest absolute Gasteiger partial charge is 0.123 e. The molecule has 2 rings (SSSR count). The van der Waals surface area contributed by atoms with Crippen LogP contribution in [0.15, 0.2) is 48.5 Å². The average molecular weight is 343 g/mol. The van der Waals surface area contributed by atoms with Crippen LogP contribution in [0.5, 0.6) is 0 Å². The summed E-state index contributed by atoms with van der Waals surface area (Å²) in [4.78, 5) is 0. The van der Waals surface area contributed by atoms with Gasteiger partial charge in [-0.1, -0.05) is 35.9 Å². The SMILES string of the molecule is CSC(SC)(c1ccc(F)cc1)C(O)c1ccc(Cl)cc1. The van der Waals surface area contributed by atoms with E-state index in [-0.39, 0.29) is 5.82 Å². The summed E-state index contributed by atoms with van der Waals surface area (Å²) in [5.74, 6) is -0.282. The van der Waals surface area contributed by atoms with Crippen LogP contribution < -0.4 is 0 Å². The van der Waals surface area contributed by atoms with Crippen LogP contribution in [0.4, 0.5) is 4.39 Å². The molecule has 0 saturated carbocycles. The van der Waals surface area contributed by atoms with E-state index in [0.717, 1.165) is 11.1 Å². The zero-order chi connectivity index (χ0) is 15.5. The van der Waals surface area contributed by atoms with Crippen molar-refractivity contribution in [2.45, 2.75) is 10.2 Å². The second-order valence-electron chi connectivity index (χ2n) is 4.54. The van der Waals surface area contributed by atoms with E-state index in [2.05, 4.69) is 0 Å². The zero-order valence-corrected chi connectivity index (χ0v) is 14.1. The lowest BCUT2D eigenvalue weighted by Gasteiger charge is -2.36. The largest absolute Gasteiger partial charge is 0.386 e. The van der Waals surface area contributed by atoms with Gasteiger partial charge in [0, 0.05) is 5.02 Å². The first-order valence-corrected chi connectivity index (χ1v) is 9.16. The van der Waals surface area contributed by atoms with E-state index in [9.17, 15) is 9.50 Å². The van der Waals surface area contributed by atoms with Crippen molar-refractivity contribution in [2.24, 2.45) is 0 Å². The summed E-state index contributed by atoms with van der Waals surface area (Å²) in [6.07, 6.45) is 3.16. The molecule has 21 heavy (non-hydrogen) atoms. The molecule has 0 aliphatic heterocycles. The Balaban J connectivity index is 2.45. The fourth-order valence-corrected chi connectivity index (χ4v) is 4.50. The van der Waals surface area contributed by atoms with Crippen molar-refractivity contribution in [2.75, 3.05) is 12.5 Å². The monoisotopic (exact) mass is 342 g/mol. The Labute approximate surface area is 137 Å². The van der Waals surface area contributed by atoms with Gasteiger partial charge in [-0.3, -0.25) is 0 Å². The molecule has 0 spiro atoms. The number of halogens is 2. The Bertz CT molecular complexity index is 582. The van der Waals surface area contributed by atoms with Gasteiger partial charge in [0.2, 0.25) is 0 Å². The van der Waals surface area contributed by atoms with E-state index in [1.165, 1.54) is 12.1 Å². The summed E-state index contributed by atoms with van der Waals surface area (Å²) in [6.45, 7) is 0. The number of aliphatic hydroxyl groups is 1. The molecule has 2 aromatic rings. The Hall–Kier alpha value is -0.680. The molecule has 0 aliphatic carbocycles. The van der Waals surface area contributed by atoms with Gasteiger partial charge in [-0.25, -0.2) is 4.39 Å². The maximum Gasteiger partial charge on any atom is 0.123 e. The number of benzene rings is 2. The fourth-order valence-electron chi connectivity index (χ4n) is 2.25. The molecule has 2 aromatic carbocycles. The number of rotatable bonds is 5. The fraction of sp³-hybridized carbons (Fsp3) is 0.250. The Morgan fingerprint density at radius 1 is 1.00 bits per heavy atom. The Morgan fingerprint density at radius 3 is 2.00 bits per heavy atom. The number of aliphatic hydroxyl groups excluding tert-OH is 1. The summed E-state index contributed by atoms with van der Waals surface area (Å²) in [6, 6.07) is 13.4. The second kappa shape index (κ2) is 7.05. The normalized spacial score (nSPS) is 13.2. The summed E-state index contributed by atoms with van der Waals surface area (Å²) in [5.41, 5.74) is 1.67. The molecule has 0 heterocycles. The average Bonchev–Trinajstić information content (AvgIpc) is 2.51. The molecule has 0 fully saturated rings. The molecular weight excluding hydrogens is 327 g/mol. The molecule has 1 nitrogen and oxygen atoms in total. The summed E-state index contributed by atoms with van der Waals surface area (Å²) in [5, 5.41) is 11.5. The van der Waals surface area contributed by atoms with Gasteiger partial charge in [0.05, 0.1) is 0 Å². The van der Waals surface area contributed by atoms with Crippen molar-refractivity contribution < 1.29 is 9.50 Å². The molecule has 112 valence electrons. The third kappa shape index (κ3) is 3.39. The molecular formula is C16H16ClFOS2. The van der Waals surface area contributed by atoms with Crippen LogP contribution in [0.1, 0.15) is 17.2 Å². The van der Waals surface area contributed by atoms with Crippen molar-refractivity contribution in [3.8, 4) is 0 Å². The van der Waals surface area contributed by atoms with Gasteiger partial charge in [-0.15, -0.1) is 23.5 Å². The maximum atomic E-state index is 13.2. The van der Waals surface area contributed by atoms with Crippen LogP contribution in [0.3, 0.4) is 0 Å². The minimum atomic E-state index is -0.731. The van der Waals surface area contributed by atoms with Crippen LogP contribution in [-0.4, -0.2) is 17.6 Å². The molecule has 0 bridgehead atoms. The predicted octanol–water partition coefficient (Wildman–Crippen LogP) is 5.09. The highest BCUT2D eigenvalue weighted by atomic mass is 35.5. The van der Waals surface area contributed by atoms with E-state index in [1.54, 1.807) is 47.8 Å². The Kier molecular flexibility index (Phi) is 5.60. The van der Waals surface area contributed by atoms with Crippen LogP contribution in [-0.2, 0) is 4.08 Å². The van der Waals surface area contributed by atoms with E-state index in [0.29, 0.717) is 5.02 Å². The highest BCUT2D eigenvalue weighted by Crippen LogP contribution is 2.52. The first kappa shape index (κ1) is 16.7. The van der Waals surface area contributed by atoms with Crippen molar-refractivity contribution in [3.63, 3.8) is 0 Å². The number of hydrogen-bond donors (Lipinski definition) is 1. The topological polar surface area (TPSA) is 20.2 Å². The van der Waals surface area contributed by atoms with Crippen molar-refractivity contribution >= 4 is 35.1 Å². The maximum absolute atomic E-state index is 13.2. The lowest BCUT2D eigenvalue weighted by molar-refractivity contribution is 0.164. The molecule has 0 aromatic heterocycles. The van der Waals surface area contributed by atoms with Gasteiger partial charge < -0.3 is 5.11 Å². The van der Waals surface area contributed by atoms with Crippen molar-refractivity contribution in [3.05, 3.63) is 70.5 Å². The molecule has 0 aliphatic rings. The van der Waals surface area contributed by atoms with Gasteiger partial charge in [0.15, 0.2) is 0 Å². The van der Waals surface area contributed by atoms with Crippen LogP contribution >= 0.6 is 35.1 Å². The minimum Gasteiger partial charge on any atom is -0.386 e. The molecule has 1 atom stereocenters. The minimum absolute atomic E-state index is 0.282. The highest BCUT2D eigenvalue weighted by molar-refractivity contribution is 8.16.